The zero-order valence-electron chi connectivity index (χ0n) is 19.5. The Morgan fingerprint density at radius 3 is 2.35 bits per heavy atom. The Hall–Kier alpha value is -3.43. The highest BCUT2D eigenvalue weighted by Crippen LogP contribution is 2.24. The van der Waals surface area contributed by atoms with Crippen molar-refractivity contribution in [3.05, 3.63) is 60.5 Å². The third kappa shape index (κ3) is 4.12. The van der Waals surface area contributed by atoms with E-state index in [1.165, 1.54) is 5.69 Å². The smallest absolute Gasteiger partial charge is 0.228 e. The average molecular weight is 459 g/mol. The lowest BCUT2D eigenvalue weighted by Gasteiger charge is -2.36. The monoisotopic (exact) mass is 458 g/mol. The number of para-hydroxylation sites is 1. The van der Waals surface area contributed by atoms with Crippen LogP contribution in [0.15, 0.2) is 59.3 Å². The minimum absolute atomic E-state index is 0.600. The van der Waals surface area contributed by atoms with Gasteiger partial charge in [0.2, 0.25) is 11.8 Å². The van der Waals surface area contributed by atoms with Gasteiger partial charge >= 0.3 is 0 Å². The van der Waals surface area contributed by atoms with Crippen LogP contribution in [-0.2, 0) is 6.54 Å². The van der Waals surface area contributed by atoms with Crippen molar-refractivity contribution in [1.29, 1.82) is 0 Å². The number of anilines is 2. The molecule has 2 saturated heterocycles. The molecule has 34 heavy (non-hydrogen) atoms. The van der Waals surface area contributed by atoms with Crippen LogP contribution in [0.1, 0.15) is 5.56 Å². The highest BCUT2D eigenvalue weighted by atomic mass is 16.3. The molecule has 0 amide bonds. The third-order valence-electron chi connectivity index (χ3n) is 6.83. The molecule has 9 heteroatoms. The molecule has 9 nitrogen and oxygen atoms in total. The highest BCUT2D eigenvalue weighted by Gasteiger charge is 2.24. The molecule has 6 rings (SSSR count). The molecule has 0 atom stereocenters. The van der Waals surface area contributed by atoms with Crippen LogP contribution in [0.4, 0.5) is 11.6 Å². The largest absolute Gasteiger partial charge is 0.461 e. The molecule has 0 saturated carbocycles. The van der Waals surface area contributed by atoms with Gasteiger partial charge in [-0.05, 0) is 31.3 Å². The van der Waals surface area contributed by atoms with Gasteiger partial charge in [0, 0.05) is 76.4 Å². The first-order chi connectivity index (χ1) is 16.7. The summed E-state index contributed by atoms with van der Waals surface area (Å²) in [6.07, 6.45) is 3.65. The number of nitrogens with zero attached hydrogens (tertiary/aromatic N) is 8. The molecule has 0 bridgehead atoms. The van der Waals surface area contributed by atoms with Crippen molar-refractivity contribution >= 4 is 17.3 Å². The number of fused-ring (bicyclic) bond motifs is 1. The molecular weight excluding hydrogens is 428 g/mol. The molecule has 0 unspecified atom stereocenters. The molecule has 2 aliphatic heterocycles. The van der Waals surface area contributed by atoms with Crippen molar-refractivity contribution in [1.82, 2.24) is 29.4 Å². The normalized spacial score (nSPS) is 18.1. The molecule has 3 aromatic heterocycles. The summed E-state index contributed by atoms with van der Waals surface area (Å²) in [5.74, 6) is 2.13. The van der Waals surface area contributed by atoms with E-state index in [1.54, 1.807) is 6.26 Å². The minimum atomic E-state index is 0.600. The number of rotatable bonds is 5. The van der Waals surface area contributed by atoms with E-state index in [2.05, 4.69) is 57.0 Å². The van der Waals surface area contributed by atoms with Crippen LogP contribution in [0.2, 0.25) is 0 Å². The summed E-state index contributed by atoms with van der Waals surface area (Å²) < 4.78 is 7.51. The molecule has 0 radical (unpaired) electrons. The van der Waals surface area contributed by atoms with Gasteiger partial charge in [-0.3, -0.25) is 4.90 Å². The summed E-state index contributed by atoms with van der Waals surface area (Å²) in [4.78, 5) is 19.3. The Labute approximate surface area is 199 Å². The summed E-state index contributed by atoms with van der Waals surface area (Å²) in [5.41, 5.74) is 3.25. The van der Waals surface area contributed by atoms with E-state index < -0.39 is 0 Å². The summed E-state index contributed by atoms with van der Waals surface area (Å²) >= 11 is 0. The van der Waals surface area contributed by atoms with Crippen molar-refractivity contribution in [2.75, 3.05) is 69.2 Å². The molecular formula is C25H30N8O. The van der Waals surface area contributed by atoms with Gasteiger partial charge in [0.05, 0.1) is 6.26 Å². The van der Waals surface area contributed by atoms with E-state index in [0.717, 1.165) is 76.1 Å². The fourth-order valence-electron chi connectivity index (χ4n) is 4.80. The Bertz CT molecular complexity index is 1220. The maximum absolute atomic E-state index is 5.60. The third-order valence-corrected chi connectivity index (χ3v) is 6.83. The van der Waals surface area contributed by atoms with E-state index in [4.69, 9.17) is 19.5 Å². The number of aromatic nitrogens is 4. The SMILES string of the molecule is CN1CCN(c2ncc(CN3CCN(c4ccccc4)CC3)c3nc(-c4ccco4)nn23)CC1. The zero-order valence-corrected chi connectivity index (χ0v) is 19.5. The Balaban J connectivity index is 1.26. The topological polar surface area (TPSA) is 69.2 Å². The van der Waals surface area contributed by atoms with Crippen LogP contribution in [0.25, 0.3) is 17.2 Å². The van der Waals surface area contributed by atoms with Crippen LogP contribution in [0.3, 0.4) is 0 Å². The van der Waals surface area contributed by atoms with Crippen LogP contribution in [0.5, 0.6) is 0 Å². The summed E-state index contributed by atoms with van der Waals surface area (Å²) in [5, 5.41) is 4.82. The lowest BCUT2D eigenvalue weighted by atomic mass is 10.2. The Morgan fingerprint density at radius 1 is 0.853 bits per heavy atom. The maximum atomic E-state index is 5.60. The Morgan fingerprint density at radius 2 is 1.62 bits per heavy atom. The maximum Gasteiger partial charge on any atom is 0.228 e. The second-order valence-corrected chi connectivity index (χ2v) is 9.12. The average Bonchev–Trinajstić information content (AvgIpc) is 3.57. The second kappa shape index (κ2) is 9.08. The van der Waals surface area contributed by atoms with E-state index in [0.29, 0.717) is 11.6 Å². The summed E-state index contributed by atoms with van der Waals surface area (Å²) in [6.45, 7) is 8.70. The molecule has 4 aromatic rings. The van der Waals surface area contributed by atoms with Gasteiger partial charge in [0.25, 0.3) is 0 Å². The van der Waals surface area contributed by atoms with E-state index in [-0.39, 0.29) is 0 Å². The molecule has 176 valence electrons. The lowest BCUT2D eigenvalue weighted by molar-refractivity contribution is 0.250. The van der Waals surface area contributed by atoms with Gasteiger partial charge in [-0.15, -0.1) is 5.10 Å². The number of likely N-dealkylation sites (N-methyl/N-ethyl adjacent to an activating group) is 1. The van der Waals surface area contributed by atoms with Gasteiger partial charge in [-0.2, -0.15) is 4.52 Å². The first-order valence-corrected chi connectivity index (χ1v) is 12.0. The highest BCUT2D eigenvalue weighted by molar-refractivity contribution is 5.58. The van der Waals surface area contributed by atoms with Crippen molar-refractivity contribution in [2.24, 2.45) is 0 Å². The van der Waals surface area contributed by atoms with Crippen molar-refractivity contribution in [2.45, 2.75) is 6.54 Å². The number of benzene rings is 1. The quantitative estimate of drug-likeness (QED) is 0.452. The van der Waals surface area contributed by atoms with Gasteiger partial charge in [0.15, 0.2) is 11.4 Å². The van der Waals surface area contributed by atoms with Gasteiger partial charge < -0.3 is 19.1 Å². The Kier molecular flexibility index (Phi) is 5.64. The fourth-order valence-corrected chi connectivity index (χ4v) is 4.80. The van der Waals surface area contributed by atoms with Gasteiger partial charge in [-0.25, -0.2) is 9.97 Å². The molecule has 0 spiro atoms. The van der Waals surface area contributed by atoms with E-state index in [9.17, 15) is 0 Å². The number of piperazine rings is 2. The molecule has 2 fully saturated rings. The predicted molar refractivity (Wildman–Crippen MR) is 132 cm³/mol. The lowest BCUT2D eigenvalue weighted by Crippen LogP contribution is -2.46. The fraction of sp³-hybridized carbons (Fsp3) is 0.400. The van der Waals surface area contributed by atoms with E-state index in [1.807, 2.05) is 22.8 Å². The number of hydrogen-bond donors (Lipinski definition) is 0. The van der Waals surface area contributed by atoms with E-state index >= 15 is 0 Å². The minimum Gasteiger partial charge on any atom is -0.461 e. The molecule has 0 aliphatic carbocycles. The summed E-state index contributed by atoms with van der Waals surface area (Å²) in [7, 11) is 2.16. The molecule has 5 heterocycles. The summed E-state index contributed by atoms with van der Waals surface area (Å²) in [6, 6.07) is 14.4. The molecule has 1 aromatic carbocycles. The predicted octanol–water partition coefficient (Wildman–Crippen LogP) is 2.46. The van der Waals surface area contributed by atoms with Gasteiger partial charge in [0.1, 0.15) is 0 Å². The van der Waals surface area contributed by atoms with Crippen molar-refractivity contribution in [3.63, 3.8) is 0 Å². The first kappa shape index (κ1) is 21.1. The van der Waals surface area contributed by atoms with Crippen molar-refractivity contribution in [3.8, 4) is 11.6 Å². The zero-order chi connectivity index (χ0) is 22.9. The first-order valence-electron chi connectivity index (χ1n) is 12.0. The standard InChI is InChI=1S/C25H30N8O/c1-29-9-13-32(14-10-29)25-26-18-20(24-27-23(28-33(24)25)22-8-5-17-34-22)19-30-11-15-31(16-12-30)21-6-3-2-4-7-21/h2-8,17-18H,9-16,19H2,1H3. The second-order valence-electron chi connectivity index (χ2n) is 9.12. The number of furan rings is 1. The van der Waals surface area contributed by atoms with Crippen LogP contribution in [-0.4, -0.2) is 88.8 Å². The van der Waals surface area contributed by atoms with Crippen LogP contribution >= 0.6 is 0 Å². The molecule has 0 N–H and O–H groups in total. The van der Waals surface area contributed by atoms with Crippen LogP contribution < -0.4 is 9.80 Å². The van der Waals surface area contributed by atoms with Crippen molar-refractivity contribution < 1.29 is 4.42 Å². The van der Waals surface area contributed by atoms with Crippen LogP contribution in [0, 0.1) is 0 Å². The molecule has 2 aliphatic rings. The van der Waals surface area contributed by atoms with Gasteiger partial charge in [-0.1, -0.05) is 18.2 Å². The number of hydrogen-bond acceptors (Lipinski definition) is 8.